The molecule has 1 aliphatic carbocycles. The fraction of sp³-hybridized carbons (Fsp3) is 0.778. The molecule has 0 bridgehead atoms. The highest BCUT2D eigenvalue weighted by Gasteiger charge is 2.31. The maximum atomic E-state index is 12.3. The molecule has 2 aliphatic rings. The first-order chi connectivity index (χ1) is 11.5. The zero-order chi connectivity index (χ0) is 17.1. The van der Waals surface area contributed by atoms with E-state index in [1.165, 1.54) is 6.42 Å². The standard InChI is InChI=1S/C18H29N3O3/c1-12-15(13(2)24-20-12)11-18(23)19-14-7-9-21(10-8-14)16-5-3-4-6-17(16)22/h14,16-17,22H,3-11H2,1-2H3,(H,19,23). The molecule has 134 valence electrons. The minimum Gasteiger partial charge on any atom is -0.391 e. The summed E-state index contributed by atoms with van der Waals surface area (Å²) in [5.41, 5.74) is 1.69. The van der Waals surface area contributed by atoms with Gasteiger partial charge in [0.05, 0.1) is 18.2 Å². The van der Waals surface area contributed by atoms with E-state index < -0.39 is 0 Å². The average Bonchev–Trinajstić information content (AvgIpc) is 2.88. The number of likely N-dealkylation sites (tertiary alicyclic amines) is 1. The Morgan fingerprint density at radius 3 is 2.58 bits per heavy atom. The number of carbonyl (C=O) groups excluding carboxylic acids is 1. The van der Waals surface area contributed by atoms with E-state index in [0.29, 0.717) is 12.5 Å². The van der Waals surface area contributed by atoms with E-state index in [0.717, 1.165) is 62.2 Å². The lowest BCUT2D eigenvalue weighted by Crippen LogP contribution is -2.52. The summed E-state index contributed by atoms with van der Waals surface area (Å²) in [5.74, 6) is 0.768. The Labute approximate surface area is 143 Å². The molecule has 1 saturated heterocycles. The molecule has 2 atom stereocenters. The molecule has 3 rings (SSSR count). The van der Waals surface area contributed by atoms with E-state index in [1.807, 2.05) is 13.8 Å². The van der Waals surface area contributed by atoms with Crippen molar-refractivity contribution >= 4 is 5.91 Å². The van der Waals surface area contributed by atoms with Crippen LogP contribution in [0.3, 0.4) is 0 Å². The van der Waals surface area contributed by atoms with Crippen molar-refractivity contribution < 1.29 is 14.4 Å². The summed E-state index contributed by atoms with van der Waals surface area (Å²) in [6, 6.07) is 0.549. The first-order valence-corrected chi connectivity index (χ1v) is 9.18. The van der Waals surface area contributed by atoms with Gasteiger partial charge >= 0.3 is 0 Å². The van der Waals surface area contributed by atoms with Crippen LogP contribution in [0.5, 0.6) is 0 Å². The third-order valence-corrected chi connectivity index (χ3v) is 5.58. The molecule has 1 saturated carbocycles. The molecule has 2 N–H and O–H groups in total. The first kappa shape index (κ1) is 17.4. The van der Waals surface area contributed by atoms with Crippen molar-refractivity contribution in [2.75, 3.05) is 13.1 Å². The lowest BCUT2D eigenvalue weighted by Gasteiger charge is -2.41. The molecule has 6 heteroatoms. The monoisotopic (exact) mass is 335 g/mol. The van der Waals surface area contributed by atoms with Crippen molar-refractivity contribution in [2.24, 2.45) is 0 Å². The number of aryl methyl sites for hydroxylation is 2. The van der Waals surface area contributed by atoms with Crippen LogP contribution >= 0.6 is 0 Å². The van der Waals surface area contributed by atoms with Crippen LogP contribution in [0, 0.1) is 13.8 Å². The molecule has 1 amide bonds. The van der Waals surface area contributed by atoms with E-state index in [2.05, 4.69) is 15.4 Å². The molecule has 0 radical (unpaired) electrons. The van der Waals surface area contributed by atoms with Crippen LogP contribution in [0.4, 0.5) is 0 Å². The maximum Gasteiger partial charge on any atom is 0.224 e. The first-order valence-electron chi connectivity index (χ1n) is 9.18. The lowest BCUT2D eigenvalue weighted by atomic mass is 9.89. The Morgan fingerprint density at radius 2 is 1.96 bits per heavy atom. The normalized spacial score (nSPS) is 26.5. The maximum absolute atomic E-state index is 12.3. The van der Waals surface area contributed by atoms with Gasteiger partial charge in [-0.1, -0.05) is 18.0 Å². The van der Waals surface area contributed by atoms with Gasteiger partial charge in [-0.3, -0.25) is 9.69 Å². The number of rotatable bonds is 4. The van der Waals surface area contributed by atoms with Crippen LogP contribution in [0.2, 0.25) is 0 Å². The number of aliphatic hydroxyl groups excluding tert-OH is 1. The van der Waals surface area contributed by atoms with Gasteiger partial charge in [0.1, 0.15) is 5.76 Å². The summed E-state index contributed by atoms with van der Waals surface area (Å²) in [5, 5.41) is 17.3. The molecule has 1 aromatic heterocycles. The van der Waals surface area contributed by atoms with Crippen molar-refractivity contribution in [2.45, 2.75) is 77.0 Å². The number of nitrogens with zero attached hydrogens (tertiary/aromatic N) is 2. The fourth-order valence-corrected chi connectivity index (χ4v) is 4.09. The second-order valence-corrected chi connectivity index (χ2v) is 7.28. The number of nitrogens with one attached hydrogen (secondary N) is 1. The molecule has 2 unspecified atom stereocenters. The Bertz CT molecular complexity index is 544. The SMILES string of the molecule is Cc1noc(C)c1CC(=O)NC1CCN(C2CCCCC2O)CC1. The van der Waals surface area contributed by atoms with Crippen molar-refractivity contribution in [3.05, 3.63) is 17.0 Å². The van der Waals surface area contributed by atoms with Crippen LogP contribution in [0.1, 0.15) is 55.5 Å². The van der Waals surface area contributed by atoms with E-state index in [9.17, 15) is 9.90 Å². The van der Waals surface area contributed by atoms with Crippen molar-refractivity contribution in [3.8, 4) is 0 Å². The summed E-state index contributed by atoms with van der Waals surface area (Å²) in [6.07, 6.45) is 6.46. The Balaban J connectivity index is 1.46. The zero-order valence-corrected chi connectivity index (χ0v) is 14.8. The summed E-state index contributed by atoms with van der Waals surface area (Å²) < 4.78 is 5.12. The molecule has 6 nitrogen and oxygen atoms in total. The molecular formula is C18H29N3O3. The highest BCUT2D eigenvalue weighted by atomic mass is 16.5. The van der Waals surface area contributed by atoms with Crippen molar-refractivity contribution in [3.63, 3.8) is 0 Å². The fourth-order valence-electron chi connectivity index (χ4n) is 4.09. The second kappa shape index (κ2) is 7.66. The number of amides is 1. The summed E-state index contributed by atoms with van der Waals surface area (Å²) >= 11 is 0. The summed E-state index contributed by atoms with van der Waals surface area (Å²) in [6.45, 7) is 5.62. The highest BCUT2D eigenvalue weighted by Crippen LogP contribution is 2.26. The Morgan fingerprint density at radius 1 is 1.25 bits per heavy atom. The smallest absolute Gasteiger partial charge is 0.224 e. The number of piperidine rings is 1. The number of carbonyl (C=O) groups is 1. The molecule has 24 heavy (non-hydrogen) atoms. The predicted octanol–water partition coefficient (Wildman–Crippen LogP) is 1.72. The highest BCUT2D eigenvalue weighted by molar-refractivity contribution is 5.79. The molecule has 2 heterocycles. The van der Waals surface area contributed by atoms with E-state index in [4.69, 9.17) is 4.52 Å². The van der Waals surface area contributed by atoms with Gasteiger partial charge in [-0.05, 0) is 39.5 Å². The lowest BCUT2D eigenvalue weighted by molar-refractivity contribution is -0.121. The van der Waals surface area contributed by atoms with E-state index >= 15 is 0 Å². The quantitative estimate of drug-likeness (QED) is 0.876. The minimum absolute atomic E-state index is 0.0422. The topological polar surface area (TPSA) is 78.6 Å². The van der Waals surface area contributed by atoms with Gasteiger partial charge in [-0.2, -0.15) is 0 Å². The number of aromatic nitrogens is 1. The Kier molecular flexibility index (Phi) is 5.56. The van der Waals surface area contributed by atoms with E-state index in [1.54, 1.807) is 0 Å². The molecule has 2 fully saturated rings. The molecule has 0 aromatic carbocycles. The Hall–Kier alpha value is -1.40. The zero-order valence-electron chi connectivity index (χ0n) is 14.8. The largest absolute Gasteiger partial charge is 0.391 e. The van der Waals surface area contributed by atoms with Gasteiger partial charge in [0.15, 0.2) is 0 Å². The molecule has 1 aromatic rings. The summed E-state index contributed by atoms with van der Waals surface area (Å²) in [4.78, 5) is 14.7. The van der Waals surface area contributed by atoms with Gasteiger partial charge in [0, 0.05) is 30.7 Å². The second-order valence-electron chi connectivity index (χ2n) is 7.28. The third-order valence-electron chi connectivity index (χ3n) is 5.58. The van der Waals surface area contributed by atoms with Crippen LogP contribution in [0.25, 0.3) is 0 Å². The predicted molar refractivity (Wildman–Crippen MR) is 90.7 cm³/mol. The molecular weight excluding hydrogens is 306 g/mol. The number of aliphatic hydroxyl groups is 1. The van der Waals surface area contributed by atoms with Gasteiger partial charge in [-0.25, -0.2) is 0 Å². The van der Waals surface area contributed by atoms with Crippen LogP contribution in [0.15, 0.2) is 4.52 Å². The molecule has 1 aliphatic heterocycles. The van der Waals surface area contributed by atoms with E-state index in [-0.39, 0.29) is 18.1 Å². The van der Waals surface area contributed by atoms with Crippen LogP contribution < -0.4 is 5.32 Å². The van der Waals surface area contributed by atoms with Crippen molar-refractivity contribution in [1.29, 1.82) is 0 Å². The third kappa shape index (κ3) is 3.98. The summed E-state index contributed by atoms with van der Waals surface area (Å²) in [7, 11) is 0. The average molecular weight is 335 g/mol. The van der Waals surface area contributed by atoms with Gasteiger partial charge < -0.3 is 14.9 Å². The van der Waals surface area contributed by atoms with Crippen molar-refractivity contribution in [1.82, 2.24) is 15.4 Å². The minimum atomic E-state index is -0.176. The van der Waals surface area contributed by atoms with Gasteiger partial charge in [0.2, 0.25) is 5.91 Å². The van der Waals surface area contributed by atoms with Gasteiger partial charge in [-0.15, -0.1) is 0 Å². The number of hydrogen-bond acceptors (Lipinski definition) is 5. The number of hydrogen-bond donors (Lipinski definition) is 2. The molecule has 0 spiro atoms. The van der Waals surface area contributed by atoms with Gasteiger partial charge in [0.25, 0.3) is 0 Å². The van der Waals surface area contributed by atoms with Crippen LogP contribution in [-0.2, 0) is 11.2 Å². The van der Waals surface area contributed by atoms with Crippen LogP contribution in [-0.4, -0.2) is 52.3 Å².